The Morgan fingerprint density at radius 2 is 2.10 bits per heavy atom. The van der Waals surface area contributed by atoms with Gasteiger partial charge in [0.1, 0.15) is 5.02 Å². The number of halogens is 1. The van der Waals surface area contributed by atoms with E-state index in [4.69, 9.17) is 11.6 Å². The lowest BCUT2D eigenvalue weighted by molar-refractivity contribution is 0.472. The first-order chi connectivity index (χ1) is 9.63. The Kier molecular flexibility index (Phi) is 7.67. The van der Waals surface area contributed by atoms with Crippen molar-refractivity contribution in [3.8, 4) is 0 Å². The van der Waals surface area contributed by atoms with E-state index in [1.54, 1.807) is 6.20 Å². The number of rotatable bonds is 9. The summed E-state index contributed by atoms with van der Waals surface area (Å²) in [6.07, 6.45) is 7.32. The number of aryl methyl sites for hydroxylation is 1. The summed E-state index contributed by atoms with van der Waals surface area (Å²) in [6, 6.07) is 0. The highest BCUT2D eigenvalue weighted by Gasteiger charge is 2.11. The molecule has 4 nitrogen and oxygen atoms in total. The molecule has 1 rings (SSSR count). The van der Waals surface area contributed by atoms with E-state index in [-0.39, 0.29) is 10.6 Å². The molecule has 0 spiro atoms. The summed E-state index contributed by atoms with van der Waals surface area (Å²) >= 11 is 6.13. The first-order valence-electron chi connectivity index (χ1n) is 7.63. The highest BCUT2D eigenvalue weighted by Crippen LogP contribution is 2.18. The molecule has 20 heavy (non-hydrogen) atoms. The summed E-state index contributed by atoms with van der Waals surface area (Å²) in [5.41, 5.74) is 0.444. The Bertz CT molecular complexity index is 459. The molecule has 1 aromatic heterocycles. The molecule has 0 aliphatic rings. The normalized spacial score (nSPS) is 12.4. The summed E-state index contributed by atoms with van der Waals surface area (Å²) in [4.78, 5) is 12.0. The van der Waals surface area contributed by atoms with Gasteiger partial charge in [-0.3, -0.25) is 4.79 Å². The van der Waals surface area contributed by atoms with Crippen LogP contribution in [0.1, 0.15) is 52.9 Å². The minimum absolute atomic E-state index is 0.208. The largest absolute Gasteiger partial charge is 0.382 e. The average Bonchev–Trinajstić information content (AvgIpc) is 2.46. The zero-order chi connectivity index (χ0) is 15.0. The van der Waals surface area contributed by atoms with Gasteiger partial charge in [-0.05, 0) is 18.8 Å². The van der Waals surface area contributed by atoms with Crippen LogP contribution in [0.15, 0.2) is 11.0 Å². The van der Waals surface area contributed by atoms with Crippen LogP contribution in [-0.2, 0) is 6.54 Å². The topological polar surface area (TPSA) is 46.9 Å². The van der Waals surface area contributed by atoms with Gasteiger partial charge in [0.15, 0.2) is 0 Å². The molecule has 0 aliphatic carbocycles. The van der Waals surface area contributed by atoms with Crippen LogP contribution in [0.3, 0.4) is 0 Å². The van der Waals surface area contributed by atoms with E-state index >= 15 is 0 Å². The molecule has 0 fully saturated rings. The van der Waals surface area contributed by atoms with Crippen LogP contribution >= 0.6 is 11.6 Å². The van der Waals surface area contributed by atoms with E-state index in [1.807, 2.05) is 6.92 Å². The monoisotopic (exact) mass is 299 g/mol. The van der Waals surface area contributed by atoms with Crippen molar-refractivity contribution in [3.05, 3.63) is 21.6 Å². The summed E-state index contributed by atoms with van der Waals surface area (Å²) in [7, 11) is 0. The number of aromatic nitrogens is 2. The van der Waals surface area contributed by atoms with Crippen LogP contribution in [0.25, 0.3) is 0 Å². The number of hydrogen-bond acceptors (Lipinski definition) is 3. The number of hydrogen-bond donors (Lipinski definition) is 1. The number of unbranched alkanes of at least 4 members (excludes halogenated alkanes) is 1. The van der Waals surface area contributed by atoms with Crippen LogP contribution in [0, 0.1) is 5.92 Å². The van der Waals surface area contributed by atoms with Crippen molar-refractivity contribution in [2.24, 2.45) is 5.92 Å². The molecule has 1 heterocycles. The number of anilines is 1. The summed E-state index contributed by atoms with van der Waals surface area (Å²) in [5, 5.41) is 7.68. The smallest absolute Gasteiger partial charge is 0.287 e. The minimum atomic E-state index is -0.208. The third-order valence-electron chi connectivity index (χ3n) is 3.54. The van der Waals surface area contributed by atoms with E-state index in [1.165, 1.54) is 23.9 Å². The fourth-order valence-corrected chi connectivity index (χ4v) is 2.37. The molecule has 0 radical (unpaired) electrons. The van der Waals surface area contributed by atoms with E-state index in [0.717, 1.165) is 19.4 Å². The maximum absolute atomic E-state index is 12.0. The molecular formula is C15H26ClN3O. The van der Waals surface area contributed by atoms with Crippen LogP contribution in [0.5, 0.6) is 0 Å². The summed E-state index contributed by atoms with van der Waals surface area (Å²) < 4.78 is 1.42. The van der Waals surface area contributed by atoms with Crippen LogP contribution in [0.4, 0.5) is 5.69 Å². The first-order valence-corrected chi connectivity index (χ1v) is 8.01. The third kappa shape index (κ3) is 4.82. The van der Waals surface area contributed by atoms with Crippen LogP contribution in [0.2, 0.25) is 5.02 Å². The van der Waals surface area contributed by atoms with Gasteiger partial charge >= 0.3 is 0 Å². The highest BCUT2D eigenvalue weighted by molar-refractivity contribution is 6.32. The molecule has 0 amide bonds. The number of nitrogens with zero attached hydrogens (tertiary/aromatic N) is 2. The van der Waals surface area contributed by atoms with E-state index in [2.05, 4.69) is 24.3 Å². The van der Waals surface area contributed by atoms with Gasteiger partial charge < -0.3 is 5.32 Å². The Balaban J connectivity index is 2.68. The van der Waals surface area contributed by atoms with Gasteiger partial charge in [-0.25, -0.2) is 4.68 Å². The lowest BCUT2D eigenvalue weighted by Crippen LogP contribution is -2.25. The highest BCUT2D eigenvalue weighted by atomic mass is 35.5. The van der Waals surface area contributed by atoms with E-state index in [0.29, 0.717) is 18.2 Å². The third-order valence-corrected chi connectivity index (χ3v) is 3.91. The molecule has 114 valence electrons. The maximum Gasteiger partial charge on any atom is 0.287 e. The predicted octanol–water partition coefficient (Wildman–Crippen LogP) is 3.94. The van der Waals surface area contributed by atoms with Crippen LogP contribution < -0.4 is 10.9 Å². The quantitative estimate of drug-likeness (QED) is 0.751. The van der Waals surface area contributed by atoms with Gasteiger partial charge in [0, 0.05) is 13.1 Å². The minimum Gasteiger partial charge on any atom is -0.382 e. The van der Waals surface area contributed by atoms with Gasteiger partial charge in [-0.1, -0.05) is 51.6 Å². The van der Waals surface area contributed by atoms with Gasteiger partial charge in [0.25, 0.3) is 5.56 Å². The van der Waals surface area contributed by atoms with Gasteiger partial charge in [0.05, 0.1) is 11.9 Å². The van der Waals surface area contributed by atoms with Crippen molar-refractivity contribution in [1.29, 1.82) is 0 Å². The summed E-state index contributed by atoms with van der Waals surface area (Å²) in [5.74, 6) is 0.615. The molecular weight excluding hydrogens is 274 g/mol. The zero-order valence-corrected chi connectivity index (χ0v) is 13.5. The second kappa shape index (κ2) is 9.01. The van der Waals surface area contributed by atoms with Crippen molar-refractivity contribution < 1.29 is 0 Å². The van der Waals surface area contributed by atoms with E-state index < -0.39 is 0 Å². The molecule has 0 aliphatic heterocycles. The molecule has 1 atom stereocenters. The fraction of sp³-hybridized carbons (Fsp3) is 0.733. The van der Waals surface area contributed by atoms with Gasteiger partial charge in [0.2, 0.25) is 0 Å². The van der Waals surface area contributed by atoms with Crippen molar-refractivity contribution in [3.63, 3.8) is 0 Å². The second-order valence-electron chi connectivity index (χ2n) is 5.20. The Labute approximate surface area is 126 Å². The lowest BCUT2D eigenvalue weighted by Gasteiger charge is -2.16. The lowest BCUT2D eigenvalue weighted by atomic mass is 9.99. The Morgan fingerprint density at radius 1 is 1.35 bits per heavy atom. The number of nitrogens with one attached hydrogen (secondary N) is 1. The fourth-order valence-electron chi connectivity index (χ4n) is 2.16. The average molecular weight is 300 g/mol. The molecule has 1 unspecified atom stereocenters. The Morgan fingerprint density at radius 3 is 2.70 bits per heavy atom. The van der Waals surface area contributed by atoms with Crippen LogP contribution in [-0.4, -0.2) is 16.3 Å². The Hall–Kier alpha value is -1.03. The molecule has 0 aromatic carbocycles. The molecule has 1 N–H and O–H groups in total. The molecule has 5 heteroatoms. The van der Waals surface area contributed by atoms with Crippen molar-refractivity contribution in [2.45, 2.75) is 59.4 Å². The standard InChI is InChI=1S/C15H26ClN3O/c1-4-7-8-12(6-3)10-17-13-11-18-19(9-5-2)15(20)14(13)16/h11-12,17H,4-10H2,1-3H3. The predicted molar refractivity (Wildman–Crippen MR) is 85.6 cm³/mol. The first kappa shape index (κ1) is 17.0. The molecule has 1 aromatic rings. The molecule has 0 bridgehead atoms. The zero-order valence-electron chi connectivity index (χ0n) is 12.8. The molecule has 0 saturated heterocycles. The SMILES string of the molecule is CCCCC(CC)CNc1cnn(CCC)c(=O)c1Cl. The maximum atomic E-state index is 12.0. The van der Waals surface area contributed by atoms with Crippen molar-refractivity contribution in [2.75, 3.05) is 11.9 Å². The second-order valence-corrected chi connectivity index (χ2v) is 5.58. The van der Waals surface area contributed by atoms with Gasteiger partial charge in [-0.2, -0.15) is 5.10 Å². The molecule has 0 saturated carbocycles. The van der Waals surface area contributed by atoms with Crippen molar-refractivity contribution in [1.82, 2.24) is 9.78 Å². The summed E-state index contributed by atoms with van der Waals surface area (Å²) in [6.45, 7) is 7.85. The van der Waals surface area contributed by atoms with E-state index in [9.17, 15) is 4.79 Å². The van der Waals surface area contributed by atoms with Crippen molar-refractivity contribution >= 4 is 17.3 Å². The van der Waals surface area contributed by atoms with Gasteiger partial charge in [-0.15, -0.1) is 0 Å².